The van der Waals surface area contributed by atoms with Crippen molar-refractivity contribution in [1.29, 1.82) is 0 Å². The molecule has 70 valence electrons. The summed E-state index contributed by atoms with van der Waals surface area (Å²) in [6, 6.07) is 0. The maximum absolute atomic E-state index is 12.0. The Hall–Kier alpha value is -0.710. The quantitative estimate of drug-likeness (QED) is 0.630. The Balaban J connectivity index is 2.26. The van der Waals surface area contributed by atoms with Crippen molar-refractivity contribution < 1.29 is 18.7 Å². The largest absolute Gasteiger partial charge is 0.481 e. The summed E-state index contributed by atoms with van der Waals surface area (Å²) in [5.74, 6) is -2.89. The molecule has 0 spiro atoms. The second kappa shape index (κ2) is 3.80. The lowest BCUT2D eigenvalue weighted by Crippen LogP contribution is -2.24. The van der Waals surface area contributed by atoms with Crippen LogP contribution in [0.5, 0.6) is 0 Å². The first kappa shape index (κ1) is 9.38. The number of alkyl halides is 2. The van der Waals surface area contributed by atoms with Crippen LogP contribution in [-0.4, -0.2) is 42.0 Å². The zero-order valence-electron chi connectivity index (χ0n) is 6.54. The molecule has 0 aromatic rings. The van der Waals surface area contributed by atoms with Gasteiger partial charge in [-0.15, -0.1) is 0 Å². The van der Waals surface area contributed by atoms with Gasteiger partial charge >= 0.3 is 5.97 Å². The zero-order valence-corrected chi connectivity index (χ0v) is 6.54. The SMILES string of the molecule is O=C(O)C(CCN1CC1)C(F)F. The minimum Gasteiger partial charge on any atom is -0.481 e. The van der Waals surface area contributed by atoms with Gasteiger partial charge in [0.2, 0.25) is 0 Å². The van der Waals surface area contributed by atoms with Crippen LogP contribution in [0.4, 0.5) is 8.78 Å². The molecule has 1 rings (SSSR count). The maximum Gasteiger partial charge on any atom is 0.312 e. The molecule has 0 amide bonds. The molecule has 1 aliphatic heterocycles. The highest BCUT2D eigenvalue weighted by Gasteiger charge is 2.29. The standard InChI is InChI=1S/C7H11F2NO2/c8-6(9)5(7(11)12)1-2-10-3-4-10/h5-6H,1-4H2,(H,11,12). The van der Waals surface area contributed by atoms with Crippen LogP contribution in [-0.2, 0) is 4.79 Å². The topological polar surface area (TPSA) is 40.3 Å². The summed E-state index contributed by atoms with van der Waals surface area (Å²) < 4.78 is 24.0. The van der Waals surface area contributed by atoms with E-state index in [2.05, 4.69) is 0 Å². The molecule has 0 aromatic heterocycles. The van der Waals surface area contributed by atoms with E-state index in [4.69, 9.17) is 5.11 Å². The fourth-order valence-corrected chi connectivity index (χ4v) is 0.973. The van der Waals surface area contributed by atoms with Gasteiger partial charge in [0.25, 0.3) is 6.43 Å². The van der Waals surface area contributed by atoms with E-state index in [1.807, 2.05) is 4.90 Å². The first-order chi connectivity index (χ1) is 5.61. The third-order valence-electron chi connectivity index (χ3n) is 1.92. The third-order valence-corrected chi connectivity index (χ3v) is 1.92. The van der Waals surface area contributed by atoms with Crippen molar-refractivity contribution in [2.45, 2.75) is 12.8 Å². The summed E-state index contributed by atoms with van der Waals surface area (Å²) in [6.45, 7) is 2.30. The number of nitrogens with zero attached hydrogens (tertiary/aromatic N) is 1. The first-order valence-electron chi connectivity index (χ1n) is 3.84. The number of hydrogen-bond acceptors (Lipinski definition) is 2. The van der Waals surface area contributed by atoms with Gasteiger partial charge in [-0.25, -0.2) is 8.78 Å². The van der Waals surface area contributed by atoms with E-state index in [-0.39, 0.29) is 6.42 Å². The second-order valence-electron chi connectivity index (χ2n) is 2.91. The van der Waals surface area contributed by atoms with Crippen LogP contribution in [0.2, 0.25) is 0 Å². The summed E-state index contributed by atoms with van der Waals surface area (Å²) in [5.41, 5.74) is 0. The van der Waals surface area contributed by atoms with Crippen LogP contribution < -0.4 is 0 Å². The molecule has 0 aromatic carbocycles. The molecule has 0 saturated carbocycles. The highest BCUT2D eigenvalue weighted by molar-refractivity contribution is 5.70. The summed E-state index contributed by atoms with van der Waals surface area (Å²) in [5, 5.41) is 8.38. The molecular formula is C7H11F2NO2. The summed E-state index contributed by atoms with van der Waals surface area (Å²) in [4.78, 5) is 12.2. The van der Waals surface area contributed by atoms with Gasteiger partial charge in [-0.05, 0) is 13.0 Å². The van der Waals surface area contributed by atoms with Gasteiger partial charge in [0.1, 0.15) is 5.92 Å². The average Bonchev–Trinajstić information content (AvgIpc) is 2.69. The van der Waals surface area contributed by atoms with Gasteiger partial charge < -0.3 is 10.0 Å². The van der Waals surface area contributed by atoms with E-state index in [0.29, 0.717) is 6.54 Å². The Bertz CT molecular complexity index is 171. The molecule has 0 aliphatic carbocycles. The number of rotatable bonds is 5. The molecule has 3 nitrogen and oxygen atoms in total. The Morgan fingerprint density at radius 1 is 1.50 bits per heavy atom. The van der Waals surface area contributed by atoms with E-state index >= 15 is 0 Å². The van der Waals surface area contributed by atoms with E-state index in [1.165, 1.54) is 0 Å². The maximum atomic E-state index is 12.0. The molecule has 1 unspecified atom stereocenters. The first-order valence-corrected chi connectivity index (χ1v) is 3.84. The summed E-state index contributed by atoms with van der Waals surface area (Å²) in [7, 11) is 0. The van der Waals surface area contributed by atoms with Crippen molar-refractivity contribution in [3.05, 3.63) is 0 Å². The predicted molar refractivity (Wildman–Crippen MR) is 38.2 cm³/mol. The van der Waals surface area contributed by atoms with Gasteiger partial charge in [0, 0.05) is 13.1 Å². The van der Waals surface area contributed by atoms with Crippen molar-refractivity contribution in [1.82, 2.24) is 4.90 Å². The number of carbonyl (C=O) groups is 1. The fraction of sp³-hybridized carbons (Fsp3) is 0.857. The van der Waals surface area contributed by atoms with Crippen LogP contribution in [0.25, 0.3) is 0 Å². The normalized spacial score (nSPS) is 19.6. The minimum atomic E-state index is -2.75. The number of carboxylic acids is 1. The van der Waals surface area contributed by atoms with Crippen LogP contribution in [0.1, 0.15) is 6.42 Å². The van der Waals surface area contributed by atoms with Crippen LogP contribution in [0.3, 0.4) is 0 Å². The van der Waals surface area contributed by atoms with E-state index < -0.39 is 18.3 Å². The highest BCUT2D eigenvalue weighted by atomic mass is 19.3. The van der Waals surface area contributed by atoms with Crippen LogP contribution in [0, 0.1) is 5.92 Å². The monoisotopic (exact) mass is 179 g/mol. The number of carboxylic acid groups (broad SMARTS) is 1. The smallest absolute Gasteiger partial charge is 0.312 e. The number of hydrogen-bond donors (Lipinski definition) is 1. The highest BCUT2D eigenvalue weighted by Crippen LogP contribution is 2.16. The molecular weight excluding hydrogens is 168 g/mol. The van der Waals surface area contributed by atoms with Crippen LogP contribution in [0.15, 0.2) is 0 Å². The van der Waals surface area contributed by atoms with Gasteiger partial charge in [-0.3, -0.25) is 4.79 Å². The van der Waals surface area contributed by atoms with E-state index in [0.717, 1.165) is 13.1 Å². The van der Waals surface area contributed by atoms with Crippen molar-refractivity contribution in [2.24, 2.45) is 5.92 Å². The molecule has 0 bridgehead atoms. The summed E-state index contributed by atoms with van der Waals surface area (Å²) >= 11 is 0. The molecule has 1 atom stereocenters. The molecule has 1 aliphatic rings. The molecule has 1 fully saturated rings. The van der Waals surface area contributed by atoms with Crippen molar-refractivity contribution in [3.8, 4) is 0 Å². The Kier molecular flexibility index (Phi) is 2.97. The van der Waals surface area contributed by atoms with Gasteiger partial charge in [-0.2, -0.15) is 0 Å². The van der Waals surface area contributed by atoms with Gasteiger partial charge in [0.15, 0.2) is 0 Å². The van der Waals surface area contributed by atoms with Gasteiger partial charge in [0.05, 0.1) is 0 Å². The zero-order chi connectivity index (χ0) is 9.14. The molecule has 5 heteroatoms. The molecule has 12 heavy (non-hydrogen) atoms. The second-order valence-corrected chi connectivity index (χ2v) is 2.91. The molecule has 1 N–H and O–H groups in total. The third kappa shape index (κ3) is 2.73. The lowest BCUT2D eigenvalue weighted by molar-refractivity contribution is -0.147. The van der Waals surface area contributed by atoms with E-state index in [1.54, 1.807) is 0 Å². The average molecular weight is 179 g/mol. The van der Waals surface area contributed by atoms with Crippen molar-refractivity contribution in [3.63, 3.8) is 0 Å². The minimum absolute atomic E-state index is 0.0486. The Morgan fingerprint density at radius 3 is 2.42 bits per heavy atom. The lowest BCUT2D eigenvalue weighted by atomic mass is 10.1. The molecule has 1 saturated heterocycles. The Labute approximate surface area is 69.0 Å². The van der Waals surface area contributed by atoms with Crippen molar-refractivity contribution >= 4 is 5.97 Å². The molecule has 0 radical (unpaired) electrons. The molecule has 1 heterocycles. The number of aliphatic carboxylic acids is 1. The number of halogens is 2. The fourth-order valence-electron chi connectivity index (χ4n) is 0.973. The lowest BCUT2D eigenvalue weighted by Gasteiger charge is -2.10. The van der Waals surface area contributed by atoms with Crippen LogP contribution >= 0.6 is 0 Å². The predicted octanol–water partition coefficient (Wildman–Crippen LogP) is 0.658. The van der Waals surface area contributed by atoms with Gasteiger partial charge in [-0.1, -0.05) is 0 Å². The van der Waals surface area contributed by atoms with E-state index in [9.17, 15) is 13.6 Å². The van der Waals surface area contributed by atoms with Crippen molar-refractivity contribution in [2.75, 3.05) is 19.6 Å². The summed E-state index contributed by atoms with van der Waals surface area (Å²) in [6.07, 6.45) is -2.70. The Morgan fingerprint density at radius 2 is 2.08 bits per heavy atom.